The molecule has 1 aromatic rings. The summed E-state index contributed by atoms with van der Waals surface area (Å²) in [6.07, 6.45) is 1.41. The first-order valence-electron chi connectivity index (χ1n) is 7.76. The summed E-state index contributed by atoms with van der Waals surface area (Å²) in [4.78, 5) is 39.2. The number of hydrogen-bond acceptors (Lipinski definition) is 7. The van der Waals surface area contributed by atoms with E-state index in [2.05, 4.69) is 15.2 Å². The van der Waals surface area contributed by atoms with Crippen LogP contribution >= 0.6 is 0 Å². The third-order valence-electron chi connectivity index (χ3n) is 2.68. The smallest absolute Gasteiger partial charge is 0.347 e. The zero-order valence-corrected chi connectivity index (χ0v) is 15.2. The van der Waals surface area contributed by atoms with Gasteiger partial charge in [-0.1, -0.05) is 5.16 Å². The summed E-state index contributed by atoms with van der Waals surface area (Å²) in [5.74, 6) is -0.828. The molecule has 0 spiro atoms. The van der Waals surface area contributed by atoms with Gasteiger partial charge in [0.1, 0.15) is 5.75 Å². The molecule has 0 atom stereocenters. The van der Waals surface area contributed by atoms with Crippen LogP contribution in [-0.4, -0.2) is 50.0 Å². The SMILES string of the molecule is COc1ccc(/C=N\OCC(=O)OCC(=O)NC(=O)NC(C)(C)C)cc1. The minimum atomic E-state index is -0.789. The highest BCUT2D eigenvalue weighted by molar-refractivity contribution is 5.95. The number of carbonyl (C=O) groups excluding carboxylic acids is 3. The van der Waals surface area contributed by atoms with Crippen LogP contribution in [0.1, 0.15) is 26.3 Å². The highest BCUT2D eigenvalue weighted by Gasteiger charge is 2.16. The molecular weight excluding hydrogens is 342 g/mol. The van der Waals surface area contributed by atoms with Crippen molar-refractivity contribution in [2.75, 3.05) is 20.3 Å². The molecule has 0 saturated heterocycles. The third-order valence-corrected chi connectivity index (χ3v) is 2.68. The molecule has 26 heavy (non-hydrogen) atoms. The monoisotopic (exact) mass is 365 g/mol. The van der Waals surface area contributed by atoms with Crippen LogP contribution < -0.4 is 15.4 Å². The minimum absolute atomic E-state index is 0.464. The van der Waals surface area contributed by atoms with Crippen LogP contribution in [0.25, 0.3) is 0 Å². The molecule has 0 aromatic heterocycles. The quantitative estimate of drug-likeness (QED) is 0.426. The standard InChI is InChI=1S/C17H23N3O6/c1-17(2,3)20-16(23)19-14(21)10-25-15(22)11-26-18-9-12-5-7-13(24-4)8-6-12/h5-9H,10-11H2,1-4H3,(H2,19,20,21,23)/b18-9-. The second-order valence-corrected chi connectivity index (χ2v) is 6.19. The highest BCUT2D eigenvalue weighted by Crippen LogP contribution is 2.09. The fourth-order valence-electron chi connectivity index (χ4n) is 1.60. The molecule has 0 aliphatic carbocycles. The van der Waals surface area contributed by atoms with Gasteiger partial charge < -0.3 is 19.6 Å². The van der Waals surface area contributed by atoms with E-state index in [1.54, 1.807) is 52.1 Å². The number of imide groups is 1. The topological polar surface area (TPSA) is 115 Å². The third kappa shape index (κ3) is 9.26. The van der Waals surface area contributed by atoms with Crippen LogP contribution in [0, 0.1) is 0 Å². The van der Waals surface area contributed by atoms with Crippen molar-refractivity contribution in [3.63, 3.8) is 0 Å². The second kappa shape index (κ2) is 10.0. The molecule has 0 bridgehead atoms. The Hall–Kier alpha value is -3.10. The molecule has 0 heterocycles. The summed E-state index contributed by atoms with van der Waals surface area (Å²) in [7, 11) is 1.56. The van der Waals surface area contributed by atoms with Crippen molar-refractivity contribution < 1.29 is 28.7 Å². The van der Waals surface area contributed by atoms with E-state index in [0.717, 1.165) is 5.56 Å². The Morgan fingerprint density at radius 2 is 1.77 bits per heavy atom. The Morgan fingerprint density at radius 3 is 2.35 bits per heavy atom. The van der Waals surface area contributed by atoms with E-state index in [9.17, 15) is 14.4 Å². The molecular formula is C17H23N3O6. The number of nitrogens with one attached hydrogen (secondary N) is 2. The number of methoxy groups -OCH3 is 1. The number of oxime groups is 1. The number of amides is 3. The molecule has 1 aromatic carbocycles. The van der Waals surface area contributed by atoms with Gasteiger partial charge >= 0.3 is 12.0 Å². The lowest BCUT2D eigenvalue weighted by molar-refractivity contribution is -0.152. The van der Waals surface area contributed by atoms with E-state index in [4.69, 9.17) is 9.57 Å². The summed E-state index contributed by atoms with van der Waals surface area (Å²) in [6.45, 7) is 4.23. The summed E-state index contributed by atoms with van der Waals surface area (Å²) in [6, 6.07) is 6.36. The molecule has 0 unspecified atom stereocenters. The number of rotatable bonds is 7. The molecule has 2 N–H and O–H groups in total. The predicted octanol–water partition coefficient (Wildman–Crippen LogP) is 1.21. The lowest BCUT2D eigenvalue weighted by Crippen LogP contribution is -2.49. The van der Waals surface area contributed by atoms with E-state index in [1.807, 2.05) is 5.32 Å². The van der Waals surface area contributed by atoms with Crippen molar-refractivity contribution in [3.8, 4) is 5.75 Å². The molecule has 1 rings (SSSR count). The molecule has 3 amide bonds. The number of nitrogens with zero attached hydrogens (tertiary/aromatic N) is 1. The van der Waals surface area contributed by atoms with Crippen LogP contribution in [0.2, 0.25) is 0 Å². The van der Waals surface area contributed by atoms with Gasteiger partial charge in [-0.25, -0.2) is 9.59 Å². The van der Waals surface area contributed by atoms with E-state index < -0.39 is 36.7 Å². The zero-order valence-electron chi connectivity index (χ0n) is 15.2. The number of ether oxygens (including phenoxy) is 2. The number of benzene rings is 1. The summed E-state index contributed by atoms with van der Waals surface area (Å²) >= 11 is 0. The molecule has 142 valence electrons. The first-order chi connectivity index (χ1) is 12.2. The fraction of sp³-hybridized carbons (Fsp3) is 0.412. The first kappa shape index (κ1) is 20.9. The van der Waals surface area contributed by atoms with Crippen LogP contribution in [-0.2, 0) is 19.2 Å². The number of urea groups is 1. The number of hydrogen-bond donors (Lipinski definition) is 2. The Balaban J connectivity index is 2.24. The Kier molecular flexibility index (Phi) is 8.07. The average molecular weight is 365 g/mol. The fourth-order valence-corrected chi connectivity index (χ4v) is 1.60. The maximum Gasteiger partial charge on any atom is 0.347 e. The summed E-state index contributed by atoms with van der Waals surface area (Å²) in [5.41, 5.74) is 0.264. The maximum absolute atomic E-state index is 11.5. The highest BCUT2D eigenvalue weighted by atomic mass is 16.7. The molecule has 9 heteroatoms. The molecule has 0 radical (unpaired) electrons. The van der Waals surface area contributed by atoms with E-state index in [0.29, 0.717) is 5.75 Å². The van der Waals surface area contributed by atoms with Crippen molar-refractivity contribution in [1.29, 1.82) is 0 Å². The van der Waals surface area contributed by atoms with Crippen molar-refractivity contribution in [2.45, 2.75) is 26.3 Å². The van der Waals surface area contributed by atoms with Gasteiger partial charge in [-0.2, -0.15) is 0 Å². The molecule has 9 nitrogen and oxygen atoms in total. The van der Waals surface area contributed by atoms with E-state index >= 15 is 0 Å². The van der Waals surface area contributed by atoms with Gasteiger partial charge in [0.2, 0.25) is 6.61 Å². The van der Waals surface area contributed by atoms with Crippen LogP contribution in [0.15, 0.2) is 29.4 Å². The van der Waals surface area contributed by atoms with E-state index in [-0.39, 0.29) is 0 Å². The Morgan fingerprint density at radius 1 is 1.12 bits per heavy atom. The van der Waals surface area contributed by atoms with Gasteiger partial charge in [-0.15, -0.1) is 0 Å². The largest absolute Gasteiger partial charge is 0.497 e. The first-order valence-corrected chi connectivity index (χ1v) is 7.76. The van der Waals surface area contributed by atoms with Crippen molar-refractivity contribution in [3.05, 3.63) is 29.8 Å². The maximum atomic E-state index is 11.5. The second-order valence-electron chi connectivity index (χ2n) is 6.19. The lowest BCUT2D eigenvalue weighted by atomic mass is 10.1. The van der Waals surface area contributed by atoms with Crippen LogP contribution in [0.3, 0.4) is 0 Å². The number of carbonyl (C=O) groups is 3. The van der Waals surface area contributed by atoms with E-state index in [1.165, 1.54) is 6.21 Å². The van der Waals surface area contributed by atoms with Gasteiger partial charge in [-0.3, -0.25) is 10.1 Å². The lowest BCUT2D eigenvalue weighted by Gasteiger charge is -2.20. The Bertz CT molecular complexity index is 649. The van der Waals surface area contributed by atoms with Gasteiger partial charge in [0.15, 0.2) is 6.61 Å². The molecule has 0 saturated carbocycles. The van der Waals surface area contributed by atoms with Gasteiger partial charge in [0.05, 0.1) is 13.3 Å². The minimum Gasteiger partial charge on any atom is -0.497 e. The predicted molar refractivity (Wildman–Crippen MR) is 93.9 cm³/mol. The number of esters is 1. The van der Waals surface area contributed by atoms with Crippen LogP contribution in [0.4, 0.5) is 4.79 Å². The zero-order chi connectivity index (χ0) is 19.6. The molecule has 0 fully saturated rings. The van der Waals surface area contributed by atoms with Crippen LogP contribution in [0.5, 0.6) is 5.75 Å². The average Bonchev–Trinajstić information content (AvgIpc) is 2.55. The van der Waals surface area contributed by atoms with Crippen molar-refractivity contribution in [2.24, 2.45) is 5.16 Å². The van der Waals surface area contributed by atoms with Gasteiger partial charge in [-0.05, 0) is 50.6 Å². The molecule has 0 aliphatic heterocycles. The Labute approximate surface area is 151 Å². The normalized spacial score (nSPS) is 10.9. The molecule has 0 aliphatic rings. The summed E-state index contributed by atoms with van der Waals surface area (Å²) in [5, 5.41) is 8.20. The summed E-state index contributed by atoms with van der Waals surface area (Å²) < 4.78 is 9.70. The van der Waals surface area contributed by atoms with Gasteiger partial charge in [0, 0.05) is 5.54 Å². The van der Waals surface area contributed by atoms with Gasteiger partial charge in [0.25, 0.3) is 5.91 Å². The van der Waals surface area contributed by atoms with Crippen molar-refractivity contribution in [1.82, 2.24) is 10.6 Å². The van der Waals surface area contributed by atoms with Crippen molar-refractivity contribution >= 4 is 24.1 Å².